The van der Waals surface area contributed by atoms with Crippen LogP contribution in [0.1, 0.15) is 32.4 Å². The minimum Gasteiger partial charge on any atom is -0.366 e. The molecule has 0 radical (unpaired) electrons. The fourth-order valence-corrected chi connectivity index (χ4v) is 3.19. The highest BCUT2D eigenvalue weighted by molar-refractivity contribution is 6.17. The molecule has 2 aromatic rings. The number of nitrogens with zero attached hydrogens (tertiary/aromatic N) is 2. The van der Waals surface area contributed by atoms with Gasteiger partial charge in [0.25, 0.3) is 0 Å². The maximum Gasteiger partial charge on any atom is 0.0726 e. The van der Waals surface area contributed by atoms with Crippen LogP contribution < -0.4 is 4.90 Å². The van der Waals surface area contributed by atoms with Crippen LogP contribution in [-0.2, 0) is 5.88 Å². The zero-order chi connectivity index (χ0) is 13.5. The highest BCUT2D eigenvalue weighted by atomic mass is 35.5. The van der Waals surface area contributed by atoms with Gasteiger partial charge in [-0.05, 0) is 38.8 Å². The van der Waals surface area contributed by atoms with Gasteiger partial charge in [-0.1, -0.05) is 18.2 Å². The molecule has 1 fully saturated rings. The van der Waals surface area contributed by atoms with Crippen molar-refractivity contribution in [1.82, 2.24) is 4.98 Å². The largest absolute Gasteiger partial charge is 0.366 e. The van der Waals surface area contributed by atoms with E-state index in [9.17, 15) is 0 Å². The molecule has 0 atom stereocenters. The van der Waals surface area contributed by atoms with Crippen molar-refractivity contribution in [3.63, 3.8) is 0 Å². The third kappa shape index (κ3) is 2.18. The normalized spacial score (nSPS) is 18.2. The van der Waals surface area contributed by atoms with Crippen molar-refractivity contribution in [1.29, 1.82) is 0 Å². The molecule has 0 unspecified atom stereocenters. The molecule has 2 heterocycles. The van der Waals surface area contributed by atoms with Crippen LogP contribution in [0.25, 0.3) is 10.9 Å². The van der Waals surface area contributed by atoms with E-state index in [1.165, 1.54) is 23.9 Å². The second kappa shape index (κ2) is 4.68. The van der Waals surface area contributed by atoms with Crippen molar-refractivity contribution in [3.05, 3.63) is 36.0 Å². The average Bonchev–Trinajstić information content (AvgIpc) is 2.77. The zero-order valence-electron chi connectivity index (χ0n) is 11.5. The van der Waals surface area contributed by atoms with Crippen LogP contribution in [0, 0.1) is 0 Å². The molecular weight excluding hydrogens is 256 g/mol. The van der Waals surface area contributed by atoms with E-state index in [2.05, 4.69) is 48.0 Å². The molecule has 19 heavy (non-hydrogen) atoms. The van der Waals surface area contributed by atoms with Gasteiger partial charge < -0.3 is 4.90 Å². The van der Waals surface area contributed by atoms with Gasteiger partial charge in [0.05, 0.1) is 17.1 Å². The van der Waals surface area contributed by atoms with Crippen molar-refractivity contribution in [2.45, 2.75) is 38.1 Å². The lowest BCUT2D eigenvalue weighted by Crippen LogP contribution is -2.38. The average molecular weight is 275 g/mol. The molecule has 1 aromatic carbocycles. The number of anilines is 1. The quantitative estimate of drug-likeness (QED) is 0.757. The summed E-state index contributed by atoms with van der Waals surface area (Å²) >= 11 is 6.00. The van der Waals surface area contributed by atoms with E-state index in [0.717, 1.165) is 17.8 Å². The first-order chi connectivity index (χ1) is 9.12. The second-order valence-electron chi connectivity index (χ2n) is 5.85. The number of benzene rings is 1. The van der Waals surface area contributed by atoms with Crippen molar-refractivity contribution >= 4 is 28.2 Å². The Morgan fingerprint density at radius 2 is 2.11 bits per heavy atom. The summed E-state index contributed by atoms with van der Waals surface area (Å²) in [6.07, 6.45) is 2.49. The van der Waals surface area contributed by atoms with Crippen LogP contribution in [0.2, 0.25) is 0 Å². The SMILES string of the molecule is CC1(C)CCCN1c1cc(CCl)nc2ccccc12. The minimum absolute atomic E-state index is 0.216. The van der Waals surface area contributed by atoms with Gasteiger partial charge in [0.2, 0.25) is 0 Å². The smallest absolute Gasteiger partial charge is 0.0726 e. The van der Waals surface area contributed by atoms with Gasteiger partial charge in [0.15, 0.2) is 0 Å². The predicted octanol–water partition coefficient (Wildman–Crippen LogP) is 4.35. The van der Waals surface area contributed by atoms with Crippen LogP contribution in [0.4, 0.5) is 5.69 Å². The fraction of sp³-hybridized carbons (Fsp3) is 0.438. The lowest BCUT2D eigenvalue weighted by atomic mass is 10.0. The number of para-hydroxylation sites is 1. The highest BCUT2D eigenvalue weighted by Gasteiger charge is 2.33. The van der Waals surface area contributed by atoms with Crippen molar-refractivity contribution in [3.8, 4) is 0 Å². The van der Waals surface area contributed by atoms with E-state index >= 15 is 0 Å². The Balaban J connectivity index is 2.21. The number of halogens is 1. The molecule has 0 amide bonds. The molecule has 1 aliphatic rings. The molecule has 100 valence electrons. The molecule has 1 aromatic heterocycles. The second-order valence-corrected chi connectivity index (χ2v) is 6.12. The van der Waals surface area contributed by atoms with Crippen LogP contribution in [-0.4, -0.2) is 17.1 Å². The first kappa shape index (κ1) is 12.7. The number of hydrogen-bond acceptors (Lipinski definition) is 2. The monoisotopic (exact) mass is 274 g/mol. The third-order valence-electron chi connectivity index (χ3n) is 4.08. The van der Waals surface area contributed by atoms with Crippen LogP contribution in [0.5, 0.6) is 0 Å². The fourth-order valence-electron chi connectivity index (χ4n) is 3.06. The maximum absolute atomic E-state index is 6.00. The van der Waals surface area contributed by atoms with Crippen LogP contribution in [0.15, 0.2) is 30.3 Å². The first-order valence-corrected chi connectivity index (χ1v) is 7.37. The van der Waals surface area contributed by atoms with E-state index in [1.807, 2.05) is 6.07 Å². The Labute approximate surface area is 119 Å². The summed E-state index contributed by atoms with van der Waals surface area (Å²) < 4.78 is 0. The van der Waals surface area contributed by atoms with Gasteiger partial charge in [0, 0.05) is 23.2 Å². The standard InChI is InChI=1S/C16H19ClN2/c1-16(2)8-5-9-19(16)15-10-12(11-17)18-14-7-4-3-6-13(14)15/h3-4,6-7,10H,5,8-9,11H2,1-2H3. The summed E-state index contributed by atoms with van der Waals surface area (Å²) in [4.78, 5) is 7.12. The van der Waals surface area contributed by atoms with Crippen molar-refractivity contribution < 1.29 is 0 Å². The minimum atomic E-state index is 0.216. The van der Waals surface area contributed by atoms with E-state index in [-0.39, 0.29) is 5.54 Å². The summed E-state index contributed by atoms with van der Waals surface area (Å²) in [6, 6.07) is 10.5. The van der Waals surface area contributed by atoms with Gasteiger partial charge >= 0.3 is 0 Å². The lowest BCUT2D eigenvalue weighted by Gasteiger charge is -2.34. The zero-order valence-corrected chi connectivity index (χ0v) is 12.2. The molecule has 1 saturated heterocycles. The summed E-state index contributed by atoms with van der Waals surface area (Å²) in [5, 5.41) is 1.23. The van der Waals surface area contributed by atoms with Gasteiger partial charge in [0.1, 0.15) is 0 Å². The molecular formula is C16H19ClN2. The Morgan fingerprint density at radius 1 is 1.32 bits per heavy atom. The van der Waals surface area contributed by atoms with Gasteiger partial charge in [-0.15, -0.1) is 11.6 Å². The number of aromatic nitrogens is 1. The molecule has 2 nitrogen and oxygen atoms in total. The van der Waals surface area contributed by atoms with Gasteiger partial charge in [-0.3, -0.25) is 4.98 Å². The summed E-state index contributed by atoms with van der Waals surface area (Å²) in [5.41, 5.74) is 3.49. The number of alkyl halides is 1. The Kier molecular flexibility index (Phi) is 3.14. The highest BCUT2D eigenvalue weighted by Crippen LogP contribution is 2.37. The molecule has 0 saturated carbocycles. The Hall–Kier alpha value is -1.28. The Bertz CT molecular complexity index is 607. The molecule has 0 spiro atoms. The van der Waals surface area contributed by atoms with E-state index in [1.54, 1.807) is 0 Å². The maximum atomic E-state index is 6.00. The van der Waals surface area contributed by atoms with Gasteiger partial charge in [-0.2, -0.15) is 0 Å². The number of hydrogen-bond donors (Lipinski definition) is 0. The van der Waals surface area contributed by atoms with Crippen LogP contribution in [0.3, 0.4) is 0 Å². The predicted molar refractivity (Wildman–Crippen MR) is 82.0 cm³/mol. The molecule has 3 heteroatoms. The van der Waals surface area contributed by atoms with E-state index < -0.39 is 0 Å². The van der Waals surface area contributed by atoms with Crippen molar-refractivity contribution in [2.24, 2.45) is 0 Å². The topological polar surface area (TPSA) is 16.1 Å². The van der Waals surface area contributed by atoms with Crippen molar-refractivity contribution in [2.75, 3.05) is 11.4 Å². The molecule has 0 N–H and O–H groups in total. The summed E-state index contributed by atoms with van der Waals surface area (Å²) in [5.74, 6) is 0.464. The van der Waals surface area contributed by atoms with E-state index in [0.29, 0.717) is 5.88 Å². The first-order valence-electron chi connectivity index (χ1n) is 6.84. The third-order valence-corrected chi connectivity index (χ3v) is 4.35. The Morgan fingerprint density at radius 3 is 2.79 bits per heavy atom. The molecule has 0 bridgehead atoms. The summed E-state index contributed by atoms with van der Waals surface area (Å²) in [7, 11) is 0. The number of fused-ring (bicyclic) bond motifs is 1. The van der Waals surface area contributed by atoms with Crippen LogP contribution >= 0.6 is 11.6 Å². The molecule has 1 aliphatic heterocycles. The van der Waals surface area contributed by atoms with Gasteiger partial charge in [-0.25, -0.2) is 0 Å². The lowest BCUT2D eigenvalue weighted by molar-refractivity contribution is 0.519. The number of pyridine rings is 1. The summed E-state index contributed by atoms with van der Waals surface area (Å²) in [6.45, 7) is 5.74. The molecule has 3 rings (SSSR count). The molecule has 0 aliphatic carbocycles. The number of rotatable bonds is 2. The van der Waals surface area contributed by atoms with E-state index in [4.69, 9.17) is 11.6 Å².